The molecule has 130 valence electrons. The Morgan fingerprint density at radius 1 is 1.12 bits per heavy atom. The lowest BCUT2D eigenvalue weighted by Crippen LogP contribution is -2.24. The van der Waals surface area contributed by atoms with Gasteiger partial charge in [-0.25, -0.2) is 14.0 Å². The Labute approximate surface area is 144 Å². The van der Waals surface area contributed by atoms with Gasteiger partial charge in [0.05, 0.1) is 5.56 Å². The summed E-state index contributed by atoms with van der Waals surface area (Å²) in [6.07, 6.45) is 3.06. The minimum atomic E-state index is -1.31. The number of hydrogen-bond donors (Lipinski definition) is 2. The van der Waals surface area contributed by atoms with Gasteiger partial charge in [-0.2, -0.15) is 0 Å². The predicted octanol–water partition coefficient (Wildman–Crippen LogP) is 3.85. The van der Waals surface area contributed by atoms with Crippen molar-refractivity contribution < 1.29 is 23.8 Å². The highest BCUT2D eigenvalue weighted by Gasteiger charge is 2.11. The number of aromatic carboxylic acids is 1. The van der Waals surface area contributed by atoms with E-state index in [0.29, 0.717) is 13.0 Å². The zero-order valence-electron chi connectivity index (χ0n) is 13.4. The number of carbonyl (C=O) groups is 2. The molecule has 2 aromatic carbocycles. The minimum Gasteiger partial charge on any atom is -0.478 e. The molecule has 0 heterocycles. The van der Waals surface area contributed by atoms with Crippen molar-refractivity contribution in [3.63, 3.8) is 0 Å². The molecule has 0 aliphatic heterocycles. The first-order chi connectivity index (χ1) is 12.1. The zero-order valence-corrected chi connectivity index (χ0v) is 13.4. The molecule has 2 aromatic rings. The largest absolute Gasteiger partial charge is 0.478 e. The third-order valence-corrected chi connectivity index (χ3v) is 3.35. The van der Waals surface area contributed by atoms with E-state index < -0.39 is 17.9 Å². The molecule has 2 rings (SSSR count). The topological polar surface area (TPSA) is 75.6 Å². The summed E-state index contributed by atoms with van der Waals surface area (Å²) >= 11 is 0. The Balaban J connectivity index is 1.74. The SMILES string of the molecule is O=C(NCCC=Cc1cccc(C(=O)O)c1F)OCc1ccccc1. The van der Waals surface area contributed by atoms with Crippen molar-refractivity contribution in [2.24, 2.45) is 0 Å². The van der Waals surface area contributed by atoms with E-state index in [9.17, 15) is 14.0 Å². The van der Waals surface area contributed by atoms with Gasteiger partial charge in [0, 0.05) is 12.1 Å². The molecule has 0 atom stereocenters. The minimum absolute atomic E-state index is 0.187. The number of ether oxygens (including phenoxy) is 1. The van der Waals surface area contributed by atoms with Crippen LogP contribution in [0.2, 0.25) is 0 Å². The first-order valence-corrected chi connectivity index (χ1v) is 7.71. The average Bonchev–Trinajstić information content (AvgIpc) is 2.61. The summed E-state index contributed by atoms with van der Waals surface area (Å²) in [7, 11) is 0. The molecule has 0 fully saturated rings. The van der Waals surface area contributed by atoms with Crippen molar-refractivity contribution in [2.75, 3.05) is 6.54 Å². The molecule has 0 aliphatic carbocycles. The van der Waals surface area contributed by atoms with E-state index in [1.165, 1.54) is 24.3 Å². The summed E-state index contributed by atoms with van der Waals surface area (Å²) in [4.78, 5) is 22.4. The van der Waals surface area contributed by atoms with E-state index in [-0.39, 0.29) is 17.7 Å². The summed E-state index contributed by atoms with van der Waals surface area (Å²) in [5.41, 5.74) is 0.711. The first-order valence-electron chi connectivity index (χ1n) is 7.71. The van der Waals surface area contributed by atoms with Gasteiger partial charge in [-0.1, -0.05) is 54.6 Å². The predicted molar refractivity (Wildman–Crippen MR) is 91.6 cm³/mol. The molecule has 2 N–H and O–H groups in total. The van der Waals surface area contributed by atoms with Crippen LogP contribution in [-0.4, -0.2) is 23.7 Å². The fraction of sp³-hybridized carbons (Fsp3) is 0.158. The molecule has 5 nitrogen and oxygen atoms in total. The molecule has 0 saturated carbocycles. The Hall–Kier alpha value is -3.15. The quantitative estimate of drug-likeness (QED) is 0.749. The molecule has 0 aliphatic rings. The highest BCUT2D eigenvalue weighted by molar-refractivity contribution is 5.88. The van der Waals surface area contributed by atoms with Crippen molar-refractivity contribution in [1.82, 2.24) is 5.32 Å². The van der Waals surface area contributed by atoms with Gasteiger partial charge in [0.2, 0.25) is 0 Å². The fourth-order valence-electron chi connectivity index (χ4n) is 2.09. The van der Waals surface area contributed by atoms with Gasteiger partial charge in [-0.15, -0.1) is 0 Å². The number of rotatable bonds is 7. The molecule has 6 heteroatoms. The van der Waals surface area contributed by atoms with Gasteiger partial charge in [-0.05, 0) is 18.1 Å². The zero-order chi connectivity index (χ0) is 18.1. The lowest BCUT2D eigenvalue weighted by atomic mass is 10.1. The summed E-state index contributed by atoms with van der Waals surface area (Å²) in [6, 6.07) is 13.5. The molecule has 0 unspecified atom stereocenters. The van der Waals surface area contributed by atoms with E-state index in [1.807, 2.05) is 30.3 Å². The lowest BCUT2D eigenvalue weighted by molar-refractivity contribution is 0.0691. The lowest BCUT2D eigenvalue weighted by Gasteiger charge is -2.06. The summed E-state index contributed by atoms with van der Waals surface area (Å²) in [5.74, 6) is -2.09. The number of amides is 1. The van der Waals surface area contributed by atoms with Crippen molar-refractivity contribution >= 4 is 18.1 Å². The van der Waals surface area contributed by atoms with Crippen molar-refractivity contribution in [2.45, 2.75) is 13.0 Å². The van der Waals surface area contributed by atoms with Crippen LogP contribution >= 0.6 is 0 Å². The normalized spacial score (nSPS) is 10.6. The van der Waals surface area contributed by atoms with Gasteiger partial charge in [-0.3, -0.25) is 0 Å². The molecule has 0 saturated heterocycles. The smallest absolute Gasteiger partial charge is 0.407 e. The van der Waals surface area contributed by atoms with Crippen LogP contribution < -0.4 is 5.32 Å². The molecule has 0 spiro atoms. The maximum atomic E-state index is 13.9. The summed E-state index contributed by atoms with van der Waals surface area (Å²) in [6.45, 7) is 0.514. The third-order valence-electron chi connectivity index (χ3n) is 3.35. The number of nitrogens with one attached hydrogen (secondary N) is 1. The molecular formula is C19H18FNO4. The molecule has 1 amide bonds. The van der Waals surface area contributed by atoms with Crippen LogP contribution in [0.4, 0.5) is 9.18 Å². The van der Waals surface area contributed by atoms with Crippen LogP contribution in [0.1, 0.15) is 27.9 Å². The third kappa shape index (κ3) is 5.76. The van der Waals surface area contributed by atoms with E-state index in [1.54, 1.807) is 6.08 Å². The van der Waals surface area contributed by atoms with Crippen LogP contribution in [-0.2, 0) is 11.3 Å². The highest BCUT2D eigenvalue weighted by Crippen LogP contribution is 2.14. The molecular weight excluding hydrogens is 325 g/mol. The Kier molecular flexibility index (Phi) is 6.71. The number of alkyl carbamates (subject to hydrolysis) is 1. The van der Waals surface area contributed by atoms with Crippen molar-refractivity contribution in [3.05, 3.63) is 77.1 Å². The molecule has 0 bridgehead atoms. The Bertz CT molecular complexity index is 759. The van der Waals surface area contributed by atoms with Gasteiger partial charge >= 0.3 is 12.1 Å². The summed E-state index contributed by atoms with van der Waals surface area (Å²) < 4.78 is 19.0. The number of carbonyl (C=O) groups excluding carboxylic acids is 1. The number of benzene rings is 2. The molecule has 25 heavy (non-hydrogen) atoms. The summed E-state index contributed by atoms with van der Waals surface area (Å²) in [5, 5.41) is 11.5. The van der Waals surface area contributed by atoms with E-state index >= 15 is 0 Å². The Morgan fingerprint density at radius 2 is 1.88 bits per heavy atom. The van der Waals surface area contributed by atoms with Gasteiger partial charge in [0.25, 0.3) is 0 Å². The van der Waals surface area contributed by atoms with Crippen LogP contribution in [0.15, 0.2) is 54.6 Å². The van der Waals surface area contributed by atoms with Crippen LogP contribution in [0.5, 0.6) is 0 Å². The van der Waals surface area contributed by atoms with E-state index in [2.05, 4.69) is 5.32 Å². The monoisotopic (exact) mass is 343 g/mol. The van der Waals surface area contributed by atoms with Crippen LogP contribution in [0, 0.1) is 5.82 Å². The Morgan fingerprint density at radius 3 is 2.60 bits per heavy atom. The number of carboxylic acid groups (broad SMARTS) is 1. The molecule has 0 radical (unpaired) electrons. The second-order valence-electron chi connectivity index (χ2n) is 5.19. The van der Waals surface area contributed by atoms with Gasteiger partial charge in [0.1, 0.15) is 12.4 Å². The van der Waals surface area contributed by atoms with Crippen molar-refractivity contribution in [3.8, 4) is 0 Å². The number of carboxylic acids is 1. The van der Waals surface area contributed by atoms with Gasteiger partial charge in [0.15, 0.2) is 0 Å². The maximum absolute atomic E-state index is 13.9. The number of halogens is 1. The van der Waals surface area contributed by atoms with E-state index in [4.69, 9.17) is 9.84 Å². The second kappa shape index (κ2) is 9.22. The van der Waals surface area contributed by atoms with Crippen molar-refractivity contribution in [1.29, 1.82) is 0 Å². The fourth-order valence-corrected chi connectivity index (χ4v) is 2.09. The van der Waals surface area contributed by atoms with E-state index in [0.717, 1.165) is 5.56 Å². The van der Waals surface area contributed by atoms with Gasteiger partial charge < -0.3 is 15.2 Å². The number of hydrogen-bond acceptors (Lipinski definition) is 3. The average molecular weight is 343 g/mol. The first kappa shape index (κ1) is 18.2. The highest BCUT2D eigenvalue weighted by atomic mass is 19.1. The maximum Gasteiger partial charge on any atom is 0.407 e. The standard InChI is InChI=1S/C19H18FNO4/c20-17-15(10-6-11-16(17)18(22)23)9-4-5-12-21-19(24)25-13-14-7-2-1-3-8-14/h1-4,6-11H,5,12-13H2,(H,21,24)(H,22,23). The second-order valence-corrected chi connectivity index (χ2v) is 5.19. The van der Waals surface area contributed by atoms with Crippen LogP contribution in [0.3, 0.4) is 0 Å². The molecule has 0 aromatic heterocycles. The van der Waals surface area contributed by atoms with Crippen LogP contribution in [0.25, 0.3) is 6.08 Å².